The molecule has 0 radical (unpaired) electrons. The number of amides is 1. The van der Waals surface area contributed by atoms with Gasteiger partial charge in [0.15, 0.2) is 0 Å². The van der Waals surface area contributed by atoms with Crippen molar-refractivity contribution in [2.75, 3.05) is 6.54 Å². The van der Waals surface area contributed by atoms with Gasteiger partial charge in [-0.2, -0.15) is 0 Å². The number of hydrogen-bond donors (Lipinski definition) is 0. The fourth-order valence-electron chi connectivity index (χ4n) is 4.05. The minimum atomic E-state index is 0.124. The second-order valence-electron chi connectivity index (χ2n) is 7.55. The first-order valence-electron chi connectivity index (χ1n) is 9.76. The number of nitrogens with zero attached hydrogens (tertiary/aromatic N) is 4. The summed E-state index contributed by atoms with van der Waals surface area (Å²) in [5.41, 5.74) is 3.69. The summed E-state index contributed by atoms with van der Waals surface area (Å²) in [7, 11) is 0. The summed E-state index contributed by atoms with van der Waals surface area (Å²) in [6.07, 6.45) is 9.92. The lowest BCUT2D eigenvalue weighted by Crippen LogP contribution is -2.44. The second-order valence-corrected chi connectivity index (χ2v) is 7.55. The number of rotatable bonds is 4. The topological polar surface area (TPSA) is 51.0 Å². The molecule has 2 aromatic heterocycles. The molecule has 1 atom stereocenters. The maximum atomic E-state index is 13.4. The minimum absolute atomic E-state index is 0.124. The van der Waals surface area contributed by atoms with Crippen LogP contribution in [0.25, 0.3) is 10.9 Å². The fourth-order valence-corrected chi connectivity index (χ4v) is 4.05. The number of fused-ring (bicyclic) bond motifs is 1. The van der Waals surface area contributed by atoms with E-state index >= 15 is 0 Å². The molecule has 5 nitrogen and oxygen atoms in total. The molecule has 5 heteroatoms. The Balaban J connectivity index is 1.59. The van der Waals surface area contributed by atoms with Crippen LogP contribution in [0.15, 0.2) is 43.0 Å². The third kappa shape index (κ3) is 3.72. The van der Waals surface area contributed by atoms with E-state index in [0.29, 0.717) is 0 Å². The highest BCUT2D eigenvalue weighted by Gasteiger charge is 2.28. The summed E-state index contributed by atoms with van der Waals surface area (Å²) in [5.74, 6) is 0.124. The Labute approximate surface area is 160 Å². The highest BCUT2D eigenvalue weighted by atomic mass is 16.2. The summed E-state index contributed by atoms with van der Waals surface area (Å²) < 4.78 is 2.09. The number of carbonyl (C=O) groups is 1. The molecular weight excluding hydrogens is 336 g/mol. The molecule has 1 aliphatic rings. The smallest absolute Gasteiger partial charge is 0.255 e. The van der Waals surface area contributed by atoms with E-state index in [9.17, 15) is 4.79 Å². The SMILES string of the molecule is Cc1ccc2nc(C)c(C(=O)N3CCCC[C@@H]3CCn3ccnc3)cc2c1. The van der Waals surface area contributed by atoms with Crippen LogP contribution in [0, 0.1) is 13.8 Å². The highest BCUT2D eigenvalue weighted by molar-refractivity contribution is 5.99. The molecule has 3 heterocycles. The molecule has 0 spiro atoms. The standard InChI is InChI=1S/C22H26N4O/c1-16-6-7-21-18(13-16)14-20(17(2)24-21)22(27)26-10-4-3-5-19(26)8-11-25-12-9-23-15-25/h6-7,9,12-15,19H,3-5,8,10-11H2,1-2H3/t19-/m1/s1. The van der Waals surface area contributed by atoms with Gasteiger partial charge >= 0.3 is 0 Å². The van der Waals surface area contributed by atoms with Crippen LogP contribution in [0.1, 0.15) is 47.3 Å². The van der Waals surface area contributed by atoms with Gasteiger partial charge in [0.25, 0.3) is 5.91 Å². The number of carbonyl (C=O) groups excluding carboxylic acids is 1. The van der Waals surface area contributed by atoms with Crippen molar-refractivity contribution in [2.24, 2.45) is 0 Å². The average Bonchev–Trinajstić information content (AvgIpc) is 3.19. The van der Waals surface area contributed by atoms with Crippen molar-refractivity contribution in [3.8, 4) is 0 Å². The number of piperidine rings is 1. The van der Waals surface area contributed by atoms with Gasteiger partial charge in [0, 0.05) is 36.9 Å². The number of likely N-dealkylation sites (tertiary alicyclic amines) is 1. The second kappa shape index (κ2) is 7.51. The summed E-state index contributed by atoms with van der Waals surface area (Å²) in [6.45, 7) is 5.73. The monoisotopic (exact) mass is 362 g/mol. The van der Waals surface area contributed by atoms with Crippen LogP contribution in [-0.2, 0) is 6.54 Å². The normalized spacial score (nSPS) is 17.4. The number of aryl methyl sites for hydroxylation is 3. The molecular formula is C22H26N4O. The Kier molecular flexibility index (Phi) is 4.92. The number of hydrogen-bond acceptors (Lipinski definition) is 3. The highest BCUT2D eigenvalue weighted by Crippen LogP contribution is 2.25. The molecule has 1 aliphatic heterocycles. The Hall–Kier alpha value is -2.69. The van der Waals surface area contributed by atoms with Gasteiger partial charge < -0.3 is 9.47 Å². The van der Waals surface area contributed by atoms with Crippen molar-refractivity contribution >= 4 is 16.8 Å². The lowest BCUT2D eigenvalue weighted by atomic mass is 9.97. The van der Waals surface area contributed by atoms with Crippen LogP contribution in [0.2, 0.25) is 0 Å². The van der Waals surface area contributed by atoms with E-state index in [1.165, 1.54) is 12.0 Å². The van der Waals surface area contributed by atoms with Crippen LogP contribution in [0.5, 0.6) is 0 Å². The Bertz CT molecular complexity index is 948. The maximum absolute atomic E-state index is 13.4. The van der Waals surface area contributed by atoms with E-state index in [4.69, 9.17) is 0 Å². The van der Waals surface area contributed by atoms with Crippen LogP contribution in [0.3, 0.4) is 0 Å². The van der Waals surface area contributed by atoms with Crippen LogP contribution >= 0.6 is 0 Å². The van der Waals surface area contributed by atoms with Crippen molar-refractivity contribution in [3.63, 3.8) is 0 Å². The van der Waals surface area contributed by atoms with Crippen molar-refractivity contribution in [1.29, 1.82) is 0 Å². The van der Waals surface area contributed by atoms with Crippen LogP contribution in [0.4, 0.5) is 0 Å². The number of imidazole rings is 1. The molecule has 1 saturated heterocycles. The zero-order chi connectivity index (χ0) is 18.8. The molecule has 0 saturated carbocycles. The summed E-state index contributed by atoms with van der Waals surface area (Å²) in [4.78, 5) is 24.3. The summed E-state index contributed by atoms with van der Waals surface area (Å²) >= 11 is 0. The Morgan fingerprint density at radius 2 is 2.11 bits per heavy atom. The molecule has 4 rings (SSSR count). The third-order valence-corrected chi connectivity index (χ3v) is 5.56. The van der Waals surface area contributed by atoms with Gasteiger partial charge in [0.2, 0.25) is 0 Å². The first kappa shape index (κ1) is 17.7. The van der Waals surface area contributed by atoms with Crippen LogP contribution in [-0.4, -0.2) is 37.9 Å². The van der Waals surface area contributed by atoms with Gasteiger partial charge in [0.1, 0.15) is 0 Å². The predicted octanol–water partition coefficient (Wildman–Crippen LogP) is 4.13. The lowest BCUT2D eigenvalue weighted by molar-refractivity contribution is 0.0594. The Morgan fingerprint density at radius 1 is 1.22 bits per heavy atom. The Morgan fingerprint density at radius 3 is 2.93 bits per heavy atom. The molecule has 0 bridgehead atoms. The average molecular weight is 362 g/mol. The summed E-state index contributed by atoms with van der Waals surface area (Å²) in [6, 6.07) is 8.49. The first-order chi connectivity index (χ1) is 13.1. The lowest BCUT2D eigenvalue weighted by Gasteiger charge is -2.36. The van der Waals surface area contributed by atoms with Crippen molar-refractivity contribution in [3.05, 3.63) is 59.8 Å². The van der Waals surface area contributed by atoms with Gasteiger partial charge in [-0.1, -0.05) is 11.6 Å². The molecule has 1 amide bonds. The predicted molar refractivity (Wildman–Crippen MR) is 107 cm³/mol. The van der Waals surface area contributed by atoms with E-state index in [-0.39, 0.29) is 11.9 Å². The molecule has 27 heavy (non-hydrogen) atoms. The zero-order valence-corrected chi connectivity index (χ0v) is 16.1. The molecule has 0 unspecified atom stereocenters. The van der Waals surface area contributed by atoms with Gasteiger partial charge in [0.05, 0.1) is 23.1 Å². The van der Waals surface area contributed by atoms with Crippen LogP contribution < -0.4 is 0 Å². The van der Waals surface area contributed by atoms with Gasteiger partial charge in [-0.25, -0.2) is 4.98 Å². The first-order valence-corrected chi connectivity index (χ1v) is 9.76. The van der Waals surface area contributed by atoms with E-state index < -0.39 is 0 Å². The van der Waals surface area contributed by atoms with Crippen molar-refractivity contribution in [2.45, 2.75) is 52.1 Å². The molecule has 140 valence electrons. The van der Waals surface area contributed by atoms with E-state index in [1.807, 2.05) is 31.6 Å². The molecule has 0 N–H and O–H groups in total. The van der Waals surface area contributed by atoms with Gasteiger partial charge in [-0.15, -0.1) is 0 Å². The quantitative estimate of drug-likeness (QED) is 0.701. The molecule has 1 fully saturated rings. The van der Waals surface area contributed by atoms with E-state index in [2.05, 4.69) is 38.5 Å². The molecule has 3 aromatic rings. The number of pyridine rings is 1. The minimum Gasteiger partial charge on any atom is -0.337 e. The van der Waals surface area contributed by atoms with Gasteiger partial charge in [-0.3, -0.25) is 9.78 Å². The molecule has 0 aliphatic carbocycles. The van der Waals surface area contributed by atoms with Gasteiger partial charge in [-0.05, 0) is 57.7 Å². The van der Waals surface area contributed by atoms with E-state index in [1.54, 1.807) is 6.20 Å². The zero-order valence-electron chi connectivity index (χ0n) is 16.1. The van der Waals surface area contributed by atoms with Crippen molar-refractivity contribution in [1.82, 2.24) is 19.4 Å². The third-order valence-electron chi connectivity index (χ3n) is 5.56. The molecule has 1 aromatic carbocycles. The maximum Gasteiger partial charge on any atom is 0.255 e. The van der Waals surface area contributed by atoms with Crippen molar-refractivity contribution < 1.29 is 4.79 Å². The summed E-state index contributed by atoms with van der Waals surface area (Å²) in [5, 5.41) is 1.04. The van der Waals surface area contributed by atoms with E-state index in [0.717, 1.165) is 54.5 Å². The number of benzene rings is 1. The number of aromatic nitrogens is 3. The largest absolute Gasteiger partial charge is 0.337 e. The fraction of sp³-hybridized carbons (Fsp3) is 0.409.